The summed E-state index contributed by atoms with van der Waals surface area (Å²) in [6, 6.07) is 0. The van der Waals surface area contributed by atoms with E-state index < -0.39 is 36.3 Å². The van der Waals surface area contributed by atoms with E-state index in [9.17, 15) is 4.79 Å². The molecule has 0 aromatic heterocycles. The van der Waals surface area contributed by atoms with E-state index in [0.29, 0.717) is 0 Å². The van der Waals surface area contributed by atoms with Gasteiger partial charge in [-0.05, 0) is 0 Å². The van der Waals surface area contributed by atoms with Crippen LogP contribution in [-0.4, -0.2) is 74.8 Å². The number of carbonyl (C=O) groups excluding carboxylic acids is 1. The van der Waals surface area contributed by atoms with Gasteiger partial charge >= 0.3 is 35.5 Å². The van der Waals surface area contributed by atoms with E-state index in [-0.39, 0.29) is 29.6 Å². The Bertz CT molecular complexity index is 237. The van der Waals surface area contributed by atoms with Crippen LogP contribution in [0.25, 0.3) is 0 Å². The van der Waals surface area contributed by atoms with Crippen molar-refractivity contribution in [2.24, 2.45) is 0 Å². The van der Waals surface area contributed by atoms with Gasteiger partial charge in [-0.1, -0.05) is 0 Å². The Kier molecular flexibility index (Phi) is 4.72. The summed E-state index contributed by atoms with van der Waals surface area (Å²) in [6.45, 7) is -0.671. The molecule has 2 atom stereocenters. The second kappa shape index (κ2) is 4.83. The number of ether oxygens (including phenoxy) is 1. The number of carbonyl (C=O) groups is 1. The van der Waals surface area contributed by atoms with Gasteiger partial charge in [0.2, 0.25) is 5.76 Å². The molecule has 0 aromatic carbocycles. The maximum atomic E-state index is 10.5. The molecule has 0 radical (unpaired) electrons. The predicted molar refractivity (Wildman–Crippen MR) is 42.4 cm³/mol. The molecule has 6 nitrogen and oxygen atoms in total. The van der Waals surface area contributed by atoms with E-state index in [1.165, 1.54) is 0 Å². The third kappa shape index (κ3) is 2.35. The monoisotopic (exact) mass is 200 g/mol. The molecule has 0 aromatic rings. The average molecular weight is 200 g/mol. The summed E-state index contributed by atoms with van der Waals surface area (Å²) in [4.78, 5) is 10.5. The fourth-order valence-electron chi connectivity index (χ4n) is 0.823. The molecule has 13 heavy (non-hydrogen) atoms. The van der Waals surface area contributed by atoms with Gasteiger partial charge in [-0.2, -0.15) is 0 Å². The summed E-state index contributed by atoms with van der Waals surface area (Å²) in [5.41, 5.74) is 0. The van der Waals surface area contributed by atoms with Gasteiger partial charge < -0.3 is 25.2 Å². The van der Waals surface area contributed by atoms with Crippen LogP contribution in [0.2, 0.25) is 0 Å². The fourth-order valence-corrected chi connectivity index (χ4v) is 0.823. The number of esters is 1. The van der Waals surface area contributed by atoms with Crippen LogP contribution >= 0.6 is 0 Å². The van der Waals surface area contributed by atoms with Crippen molar-refractivity contribution in [3.63, 3.8) is 0 Å². The van der Waals surface area contributed by atoms with E-state index in [1.54, 1.807) is 0 Å². The van der Waals surface area contributed by atoms with Crippen molar-refractivity contribution in [2.45, 2.75) is 12.2 Å². The molecular formula is C6H9NaO6. The van der Waals surface area contributed by atoms with Crippen molar-refractivity contribution in [3.8, 4) is 0 Å². The van der Waals surface area contributed by atoms with Crippen molar-refractivity contribution in [1.29, 1.82) is 0 Å². The third-order valence-electron chi connectivity index (χ3n) is 1.48. The van der Waals surface area contributed by atoms with Crippen LogP contribution < -0.4 is 0 Å². The zero-order chi connectivity index (χ0) is 9.30. The molecular weight excluding hydrogens is 191 g/mol. The zero-order valence-corrected chi connectivity index (χ0v) is 5.97. The summed E-state index contributed by atoms with van der Waals surface area (Å²) in [5.74, 6) is -2.78. The number of hydrogen-bond donors (Lipinski definition) is 4. The Hall–Kier alpha value is -0.270. The van der Waals surface area contributed by atoms with Crippen molar-refractivity contribution in [3.05, 3.63) is 11.5 Å². The maximum absolute atomic E-state index is 10.5. The normalized spacial score (nSPS) is 23.8. The minimum atomic E-state index is -1.42. The molecule has 0 amide bonds. The third-order valence-corrected chi connectivity index (χ3v) is 1.48. The summed E-state index contributed by atoms with van der Waals surface area (Å²) < 4.78 is 4.32. The molecule has 1 rings (SSSR count). The van der Waals surface area contributed by atoms with Gasteiger partial charge in [0.1, 0.15) is 6.10 Å². The Morgan fingerprint density at radius 3 is 2.31 bits per heavy atom. The summed E-state index contributed by atoms with van der Waals surface area (Å²) in [6.07, 6.45) is -2.78. The van der Waals surface area contributed by atoms with Gasteiger partial charge in [-0.25, -0.2) is 4.79 Å². The van der Waals surface area contributed by atoms with Crippen LogP contribution in [0.4, 0.5) is 0 Å². The van der Waals surface area contributed by atoms with Crippen LogP contribution in [0, 0.1) is 0 Å². The van der Waals surface area contributed by atoms with E-state index in [0.717, 1.165) is 0 Å². The molecule has 7 heteroatoms. The Labute approximate surface area is 95.7 Å². The van der Waals surface area contributed by atoms with Gasteiger partial charge in [0.15, 0.2) is 11.9 Å². The first-order chi connectivity index (χ1) is 5.57. The molecule has 0 bridgehead atoms. The van der Waals surface area contributed by atoms with Gasteiger partial charge in [0.25, 0.3) is 0 Å². The van der Waals surface area contributed by atoms with Gasteiger partial charge in [-0.15, -0.1) is 0 Å². The first kappa shape index (κ1) is 12.7. The number of aliphatic hydroxyl groups is 4. The van der Waals surface area contributed by atoms with E-state index in [2.05, 4.69) is 4.74 Å². The molecule has 0 spiro atoms. The number of hydrogen-bond acceptors (Lipinski definition) is 6. The summed E-state index contributed by atoms with van der Waals surface area (Å²) in [7, 11) is 0. The summed E-state index contributed by atoms with van der Waals surface area (Å²) >= 11 is 0. The van der Waals surface area contributed by atoms with Gasteiger partial charge in [0, 0.05) is 0 Å². The fraction of sp³-hybridized carbons (Fsp3) is 0.500. The summed E-state index contributed by atoms with van der Waals surface area (Å²) in [5, 5.41) is 35.0. The first-order valence-electron chi connectivity index (χ1n) is 3.20. The molecule has 1 aliphatic heterocycles. The Balaban J connectivity index is 0.00000144. The molecule has 0 saturated heterocycles. The SMILES string of the molecule is O=C1OC(C(O)CO)C(O)=C1O.[NaH]. The number of aliphatic hydroxyl groups excluding tert-OH is 4. The van der Waals surface area contributed by atoms with E-state index in [4.69, 9.17) is 20.4 Å². The molecule has 0 fully saturated rings. The van der Waals surface area contributed by atoms with Gasteiger partial charge in [0.05, 0.1) is 6.61 Å². The second-order valence-electron chi connectivity index (χ2n) is 2.31. The van der Waals surface area contributed by atoms with E-state index >= 15 is 0 Å². The van der Waals surface area contributed by atoms with Crippen molar-refractivity contribution < 1.29 is 30.0 Å². The van der Waals surface area contributed by atoms with Crippen molar-refractivity contribution in [2.75, 3.05) is 6.61 Å². The van der Waals surface area contributed by atoms with Crippen LogP contribution in [0.1, 0.15) is 0 Å². The molecule has 0 saturated carbocycles. The van der Waals surface area contributed by atoms with Gasteiger partial charge in [-0.3, -0.25) is 0 Å². The topological polar surface area (TPSA) is 107 Å². The molecule has 1 heterocycles. The second-order valence-corrected chi connectivity index (χ2v) is 2.31. The van der Waals surface area contributed by atoms with E-state index in [1.807, 2.05) is 0 Å². The van der Waals surface area contributed by atoms with Crippen LogP contribution in [0.15, 0.2) is 11.5 Å². The predicted octanol–water partition coefficient (Wildman–Crippen LogP) is -2.06. The first-order valence-corrected chi connectivity index (χ1v) is 3.20. The quantitative estimate of drug-likeness (QED) is 0.302. The molecule has 0 aliphatic carbocycles. The zero-order valence-electron chi connectivity index (χ0n) is 5.97. The molecule has 1 aliphatic rings. The number of cyclic esters (lactones) is 1. The standard InChI is InChI=1S/C6H8O6.Na.H/c7-1-2(8)5-3(9)4(10)6(11)12-5;;/h2,5,7-10H,1H2;;. The van der Waals surface area contributed by atoms with Crippen molar-refractivity contribution >= 4 is 35.5 Å². The van der Waals surface area contributed by atoms with Crippen LogP contribution in [0.5, 0.6) is 0 Å². The van der Waals surface area contributed by atoms with Crippen LogP contribution in [-0.2, 0) is 9.53 Å². The molecule has 2 unspecified atom stereocenters. The minimum absolute atomic E-state index is 0. The van der Waals surface area contributed by atoms with Crippen molar-refractivity contribution in [1.82, 2.24) is 0 Å². The Morgan fingerprint density at radius 1 is 1.46 bits per heavy atom. The Morgan fingerprint density at radius 2 is 2.00 bits per heavy atom. The number of rotatable bonds is 2. The average Bonchev–Trinajstić information content (AvgIpc) is 2.32. The van der Waals surface area contributed by atoms with Crippen LogP contribution in [0.3, 0.4) is 0 Å². The molecule has 70 valence electrons. The molecule has 4 N–H and O–H groups in total.